The number of benzene rings is 2. The van der Waals surface area contributed by atoms with Crippen molar-refractivity contribution in [1.29, 1.82) is 0 Å². The number of para-hydroxylation sites is 1. The maximum atomic E-state index is 13.7. The molecule has 192 valence electrons. The summed E-state index contributed by atoms with van der Waals surface area (Å²) in [6.45, 7) is 2.44. The Bertz CT molecular complexity index is 1260. The summed E-state index contributed by atoms with van der Waals surface area (Å²) in [4.78, 5) is 27.2. The van der Waals surface area contributed by atoms with Gasteiger partial charge in [-0.25, -0.2) is 0 Å². The highest BCUT2D eigenvalue weighted by Crippen LogP contribution is 2.51. The number of ether oxygens (including phenoxy) is 1. The van der Waals surface area contributed by atoms with Gasteiger partial charge in [0.1, 0.15) is 5.75 Å². The molecule has 0 amide bonds. The van der Waals surface area contributed by atoms with Gasteiger partial charge in [0, 0.05) is 35.6 Å². The molecule has 2 aliphatic carbocycles. The lowest BCUT2D eigenvalue weighted by Crippen LogP contribution is -2.51. The van der Waals surface area contributed by atoms with Crippen molar-refractivity contribution in [1.82, 2.24) is 0 Å². The first-order valence-electron chi connectivity index (χ1n) is 13.1. The molecule has 1 saturated heterocycles. The Labute approximate surface area is 218 Å². The zero-order chi connectivity index (χ0) is 26.1. The highest BCUT2D eigenvalue weighted by Gasteiger charge is 2.53. The maximum absolute atomic E-state index is 13.7. The average molecular weight is 500 g/mol. The second-order valence-electron chi connectivity index (χ2n) is 10.3. The number of allylic oxidation sites excluding steroid dienone is 1. The van der Waals surface area contributed by atoms with Gasteiger partial charge in [0.2, 0.25) is 0 Å². The fraction of sp³-hybridized carbons (Fsp3) is 0.400. The monoisotopic (exact) mass is 500 g/mol. The first-order valence-corrected chi connectivity index (χ1v) is 13.1. The van der Waals surface area contributed by atoms with Crippen molar-refractivity contribution in [3.05, 3.63) is 81.9 Å². The Morgan fingerprint density at radius 2 is 1.78 bits per heavy atom. The van der Waals surface area contributed by atoms with Gasteiger partial charge in [-0.3, -0.25) is 9.59 Å². The highest BCUT2D eigenvalue weighted by atomic mass is 16.5. The lowest BCUT2D eigenvalue weighted by atomic mass is 9.54. The second kappa shape index (κ2) is 10.8. The van der Waals surface area contributed by atoms with Gasteiger partial charge in [-0.15, -0.1) is 0 Å². The zero-order valence-corrected chi connectivity index (χ0v) is 21.4. The number of Topliss-reactive ketones (excluding diaryl/α,β-unsaturated/α-hetero) is 2. The normalized spacial score (nSPS) is 25.6. The SMILES string of the molecule is CC/C(=C\c1ccccc1O)CC[C@H]1OB(O)C[C@H]2C1=C(COC)C[C@H]1C(=O)c3ccccc3C(=O)[C@H]12. The zero-order valence-electron chi connectivity index (χ0n) is 21.4. The Balaban J connectivity index is 1.47. The first-order chi connectivity index (χ1) is 17.9. The fourth-order valence-electron chi connectivity index (χ4n) is 6.47. The standard InChI is InChI=1S/C30H33BO6/c1-3-18(14-19-8-4-7-11-25(19)32)12-13-26-27-20(17-36-2)15-23-28(24(27)16-31(35)37-26)30(34)22-10-6-5-9-21(22)29(23)33/h4-11,14,23-24,26,28,32,35H,3,12-13,15-17H2,1-2H3/b18-14+/t23-,24+,26-,28-/m1/s1. The fourth-order valence-corrected chi connectivity index (χ4v) is 6.47. The number of fused-ring (bicyclic) bond motifs is 4. The second-order valence-corrected chi connectivity index (χ2v) is 10.3. The lowest BCUT2D eigenvalue weighted by Gasteiger charge is -2.47. The summed E-state index contributed by atoms with van der Waals surface area (Å²) < 4.78 is 11.6. The average Bonchev–Trinajstić information content (AvgIpc) is 2.90. The molecule has 3 aliphatic rings. The van der Waals surface area contributed by atoms with Crippen LogP contribution in [-0.4, -0.2) is 48.6 Å². The third-order valence-electron chi connectivity index (χ3n) is 8.16. The molecule has 0 radical (unpaired) electrons. The molecule has 0 bridgehead atoms. The van der Waals surface area contributed by atoms with E-state index in [2.05, 4.69) is 6.92 Å². The Morgan fingerprint density at radius 3 is 2.49 bits per heavy atom. The van der Waals surface area contributed by atoms with Crippen LogP contribution in [0.15, 0.2) is 65.3 Å². The third kappa shape index (κ3) is 4.84. The van der Waals surface area contributed by atoms with E-state index in [1.165, 1.54) is 0 Å². The van der Waals surface area contributed by atoms with Crippen LogP contribution < -0.4 is 0 Å². The van der Waals surface area contributed by atoms with Crippen molar-refractivity contribution in [3.8, 4) is 5.75 Å². The molecular formula is C30H33BO6. The molecule has 6 nitrogen and oxygen atoms in total. The van der Waals surface area contributed by atoms with E-state index in [-0.39, 0.29) is 35.7 Å². The summed E-state index contributed by atoms with van der Waals surface area (Å²) in [5.74, 6) is -0.984. The molecule has 4 atom stereocenters. The number of carbonyl (C=O) groups is 2. The van der Waals surface area contributed by atoms with E-state index < -0.39 is 19.0 Å². The van der Waals surface area contributed by atoms with Crippen molar-refractivity contribution in [2.75, 3.05) is 13.7 Å². The quantitative estimate of drug-likeness (QED) is 0.405. The van der Waals surface area contributed by atoms with Crippen LogP contribution in [0.1, 0.15) is 58.9 Å². The molecule has 2 aromatic rings. The van der Waals surface area contributed by atoms with Crippen LogP contribution in [0.25, 0.3) is 6.08 Å². The minimum atomic E-state index is -1.01. The van der Waals surface area contributed by atoms with E-state index in [1.54, 1.807) is 43.5 Å². The van der Waals surface area contributed by atoms with Crippen LogP contribution in [0.3, 0.4) is 0 Å². The van der Waals surface area contributed by atoms with Gasteiger partial charge in [-0.2, -0.15) is 0 Å². The van der Waals surface area contributed by atoms with Crippen molar-refractivity contribution in [2.24, 2.45) is 17.8 Å². The van der Waals surface area contributed by atoms with Gasteiger partial charge < -0.3 is 19.5 Å². The van der Waals surface area contributed by atoms with Crippen LogP contribution >= 0.6 is 0 Å². The molecular weight excluding hydrogens is 467 g/mol. The number of phenolic OH excluding ortho intramolecular Hbond substituents is 1. The molecule has 0 unspecified atom stereocenters. The Hall–Kier alpha value is -3.00. The highest BCUT2D eigenvalue weighted by molar-refractivity contribution is 6.43. The minimum Gasteiger partial charge on any atom is -0.507 e. The van der Waals surface area contributed by atoms with Crippen molar-refractivity contribution >= 4 is 24.8 Å². The van der Waals surface area contributed by atoms with E-state index in [9.17, 15) is 19.7 Å². The van der Waals surface area contributed by atoms with E-state index in [4.69, 9.17) is 9.39 Å². The van der Waals surface area contributed by atoms with Crippen LogP contribution in [0, 0.1) is 17.8 Å². The molecule has 2 N–H and O–H groups in total. The molecule has 1 fully saturated rings. The number of methoxy groups -OCH3 is 1. The van der Waals surface area contributed by atoms with Gasteiger partial charge in [0.15, 0.2) is 11.6 Å². The summed E-state index contributed by atoms with van der Waals surface area (Å²) in [6.07, 6.45) is 4.53. The number of phenols is 1. The largest absolute Gasteiger partial charge is 0.507 e. The minimum absolute atomic E-state index is 0.00394. The van der Waals surface area contributed by atoms with Crippen molar-refractivity contribution < 1.29 is 29.1 Å². The third-order valence-corrected chi connectivity index (χ3v) is 8.16. The number of aromatic hydroxyl groups is 1. The van der Waals surface area contributed by atoms with Gasteiger partial charge in [0.05, 0.1) is 12.7 Å². The van der Waals surface area contributed by atoms with E-state index in [1.807, 2.05) is 18.2 Å². The molecule has 0 spiro atoms. The molecule has 5 rings (SSSR count). The van der Waals surface area contributed by atoms with E-state index >= 15 is 0 Å². The first kappa shape index (κ1) is 25.6. The van der Waals surface area contributed by atoms with Gasteiger partial charge >= 0.3 is 7.12 Å². The number of hydrogen-bond donors (Lipinski definition) is 2. The summed E-state index contributed by atoms with van der Waals surface area (Å²) in [5.41, 5.74) is 4.94. The molecule has 2 aromatic carbocycles. The van der Waals surface area contributed by atoms with Crippen molar-refractivity contribution in [2.45, 2.75) is 45.0 Å². The number of ketones is 2. The van der Waals surface area contributed by atoms with Crippen LogP contribution in [0.5, 0.6) is 5.75 Å². The smallest absolute Gasteiger partial charge is 0.455 e. The molecule has 1 heterocycles. The summed E-state index contributed by atoms with van der Waals surface area (Å²) in [7, 11) is 0.629. The molecule has 0 saturated carbocycles. The van der Waals surface area contributed by atoms with Gasteiger partial charge in [-0.05, 0) is 55.1 Å². The van der Waals surface area contributed by atoms with Crippen LogP contribution in [0.2, 0.25) is 6.32 Å². The summed E-state index contributed by atoms with van der Waals surface area (Å²) in [5, 5.41) is 20.9. The summed E-state index contributed by atoms with van der Waals surface area (Å²) >= 11 is 0. The van der Waals surface area contributed by atoms with Gasteiger partial charge in [0.25, 0.3) is 0 Å². The molecule has 37 heavy (non-hydrogen) atoms. The number of rotatable bonds is 7. The predicted octanol–water partition coefficient (Wildman–Crippen LogP) is 5.12. The van der Waals surface area contributed by atoms with Crippen molar-refractivity contribution in [3.63, 3.8) is 0 Å². The topological polar surface area (TPSA) is 93.1 Å². The molecule has 0 aromatic heterocycles. The van der Waals surface area contributed by atoms with Crippen LogP contribution in [0.4, 0.5) is 0 Å². The van der Waals surface area contributed by atoms with E-state index in [0.29, 0.717) is 37.0 Å². The van der Waals surface area contributed by atoms with E-state index in [0.717, 1.165) is 28.7 Å². The Kier molecular flexibility index (Phi) is 7.47. The van der Waals surface area contributed by atoms with Gasteiger partial charge in [-0.1, -0.05) is 61.0 Å². The summed E-state index contributed by atoms with van der Waals surface area (Å²) in [6, 6.07) is 14.3. The molecule has 7 heteroatoms. The molecule has 1 aliphatic heterocycles. The lowest BCUT2D eigenvalue weighted by molar-refractivity contribution is 0.0584. The number of carbonyl (C=O) groups excluding carboxylic acids is 2. The Morgan fingerprint density at radius 1 is 1.08 bits per heavy atom. The number of hydrogen-bond acceptors (Lipinski definition) is 6. The maximum Gasteiger partial charge on any atom is 0.455 e. The van der Waals surface area contributed by atoms with Crippen LogP contribution in [-0.2, 0) is 9.39 Å². The predicted molar refractivity (Wildman–Crippen MR) is 142 cm³/mol.